The standard InChI is InChI=1S/C20H19ClN4O5S2/c1-30-16-7-4-13(19(27)25-20-24-15(11-31-20)9-18(22)26)8-17(16)32(28,29)23-10-12-2-5-14(21)6-3-12/h2-8,11,23H,9-10H2,1H3,(H2,22,26)(H,24,25,27). The number of nitrogens with two attached hydrogens (primary N) is 1. The average Bonchev–Trinajstić information content (AvgIpc) is 3.18. The van der Waals surface area contributed by atoms with Crippen LogP contribution in [-0.4, -0.2) is 32.3 Å². The molecule has 2 aromatic carbocycles. The van der Waals surface area contributed by atoms with Crippen molar-refractivity contribution in [3.05, 3.63) is 69.7 Å². The molecule has 0 saturated carbocycles. The van der Waals surface area contributed by atoms with E-state index in [2.05, 4.69) is 15.0 Å². The summed E-state index contributed by atoms with van der Waals surface area (Å²) in [6.07, 6.45) is -0.0451. The highest BCUT2D eigenvalue weighted by molar-refractivity contribution is 7.89. The lowest BCUT2D eigenvalue weighted by molar-refractivity contribution is -0.117. The maximum Gasteiger partial charge on any atom is 0.257 e. The third-order valence-corrected chi connectivity index (χ3v) is 6.70. The van der Waals surface area contributed by atoms with Crippen LogP contribution in [0.5, 0.6) is 5.75 Å². The van der Waals surface area contributed by atoms with Gasteiger partial charge in [0, 0.05) is 22.5 Å². The number of nitrogens with one attached hydrogen (secondary N) is 2. The highest BCUT2D eigenvalue weighted by Crippen LogP contribution is 2.26. The van der Waals surface area contributed by atoms with Gasteiger partial charge in [-0.3, -0.25) is 14.9 Å². The SMILES string of the molecule is COc1ccc(C(=O)Nc2nc(CC(N)=O)cs2)cc1S(=O)(=O)NCc1ccc(Cl)cc1. The van der Waals surface area contributed by atoms with Gasteiger partial charge in [-0.15, -0.1) is 11.3 Å². The molecule has 0 aliphatic rings. The Morgan fingerprint density at radius 1 is 1.19 bits per heavy atom. The van der Waals surface area contributed by atoms with E-state index < -0.39 is 21.8 Å². The van der Waals surface area contributed by atoms with Crippen molar-refractivity contribution < 1.29 is 22.7 Å². The topological polar surface area (TPSA) is 140 Å². The number of carbonyl (C=O) groups excluding carboxylic acids is 2. The third kappa shape index (κ3) is 6.04. The lowest BCUT2D eigenvalue weighted by Gasteiger charge is -2.12. The first kappa shape index (κ1) is 23.7. The van der Waals surface area contributed by atoms with E-state index in [1.165, 1.54) is 25.3 Å². The number of hydrogen-bond acceptors (Lipinski definition) is 7. The van der Waals surface area contributed by atoms with Crippen LogP contribution in [0.3, 0.4) is 0 Å². The van der Waals surface area contributed by atoms with Gasteiger partial charge in [0.15, 0.2) is 5.13 Å². The molecule has 4 N–H and O–H groups in total. The maximum absolute atomic E-state index is 12.9. The van der Waals surface area contributed by atoms with Crippen LogP contribution in [0.2, 0.25) is 5.02 Å². The zero-order valence-electron chi connectivity index (χ0n) is 16.8. The van der Waals surface area contributed by atoms with Gasteiger partial charge in [0.1, 0.15) is 10.6 Å². The number of benzene rings is 2. The monoisotopic (exact) mass is 494 g/mol. The van der Waals surface area contributed by atoms with Crippen LogP contribution in [0.15, 0.2) is 52.7 Å². The van der Waals surface area contributed by atoms with Gasteiger partial charge >= 0.3 is 0 Å². The van der Waals surface area contributed by atoms with Gasteiger partial charge in [-0.25, -0.2) is 18.1 Å². The summed E-state index contributed by atoms with van der Waals surface area (Å²) in [5, 5.41) is 4.98. The molecule has 32 heavy (non-hydrogen) atoms. The average molecular weight is 495 g/mol. The molecule has 0 aliphatic carbocycles. The minimum absolute atomic E-state index is 0.0286. The Hall–Kier alpha value is -2.99. The van der Waals surface area contributed by atoms with Crippen molar-refractivity contribution in [2.24, 2.45) is 5.73 Å². The molecule has 0 spiro atoms. The highest BCUT2D eigenvalue weighted by atomic mass is 35.5. The number of halogens is 1. The van der Waals surface area contributed by atoms with E-state index in [1.807, 2.05) is 0 Å². The molecule has 1 aromatic heterocycles. The molecule has 0 saturated heterocycles. The zero-order valence-corrected chi connectivity index (χ0v) is 19.2. The second-order valence-corrected chi connectivity index (χ2v) is 9.59. The van der Waals surface area contributed by atoms with Crippen molar-refractivity contribution in [2.45, 2.75) is 17.9 Å². The number of carbonyl (C=O) groups is 2. The number of nitrogens with zero attached hydrogens (tertiary/aromatic N) is 1. The van der Waals surface area contributed by atoms with Gasteiger partial charge in [0.25, 0.3) is 5.91 Å². The number of sulfonamides is 1. The summed E-state index contributed by atoms with van der Waals surface area (Å²) in [6, 6.07) is 10.8. The number of ether oxygens (including phenoxy) is 1. The van der Waals surface area contributed by atoms with Crippen molar-refractivity contribution in [2.75, 3.05) is 12.4 Å². The van der Waals surface area contributed by atoms with Gasteiger partial charge in [-0.1, -0.05) is 23.7 Å². The normalized spacial score (nSPS) is 11.2. The summed E-state index contributed by atoms with van der Waals surface area (Å²) in [6.45, 7) is 0.0286. The number of primary amides is 1. The summed E-state index contributed by atoms with van der Waals surface area (Å²) in [5.41, 5.74) is 6.37. The van der Waals surface area contributed by atoms with Crippen LogP contribution in [-0.2, 0) is 27.8 Å². The van der Waals surface area contributed by atoms with Crippen LogP contribution < -0.4 is 20.5 Å². The predicted molar refractivity (Wildman–Crippen MR) is 121 cm³/mol. The van der Waals surface area contributed by atoms with Gasteiger partial charge in [-0.05, 0) is 35.9 Å². The molecule has 3 rings (SSSR count). The van der Waals surface area contributed by atoms with Crippen LogP contribution in [0.4, 0.5) is 5.13 Å². The molecule has 0 aliphatic heterocycles. The molecule has 3 aromatic rings. The van der Waals surface area contributed by atoms with E-state index in [4.69, 9.17) is 22.1 Å². The second-order valence-electron chi connectivity index (χ2n) is 6.56. The Morgan fingerprint density at radius 3 is 2.56 bits per heavy atom. The van der Waals surface area contributed by atoms with Crippen molar-refractivity contribution >= 4 is 49.9 Å². The second kappa shape index (κ2) is 10.1. The first-order valence-corrected chi connectivity index (χ1v) is 11.9. The maximum atomic E-state index is 12.9. The summed E-state index contributed by atoms with van der Waals surface area (Å²) in [4.78, 5) is 27.5. The molecular weight excluding hydrogens is 476 g/mol. The molecule has 0 radical (unpaired) electrons. The molecule has 0 bridgehead atoms. The van der Waals surface area contributed by atoms with Gasteiger partial charge in [-0.2, -0.15) is 0 Å². The lowest BCUT2D eigenvalue weighted by Crippen LogP contribution is -2.24. The summed E-state index contributed by atoms with van der Waals surface area (Å²) in [5.74, 6) is -1.02. The van der Waals surface area contributed by atoms with Crippen LogP contribution in [0.25, 0.3) is 0 Å². The Morgan fingerprint density at radius 2 is 1.91 bits per heavy atom. The third-order valence-electron chi connectivity index (χ3n) is 4.22. The van der Waals surface area contributed by atoms with Crippen molar-refractivity contribution in [1.82, 2.24) is 9.71 Å². The number of hydrogen-bond donors (Lipinski definition) is 3. The van der Waals surface area contributed by atoms with E-state index in [9.17, 15) is 18.0 Å². The molecule has 0 fully saturated rings. The van der Waals surface area contributed by atoms with E-state index in [0.717, 1.165) is 11.3 Å². The molecule has 168 valence electrons. The van der Waals surface area contributed by atoms with Crippen LogP contribution in [0, 0.1) is 0 Å². The minimum Gasteiger partial charge on any atom is -0.495 e. The van der Waals surface area contributed by atoms with Crippen molar-refractivity contribution in [3.63, 3.8) is 0 Å². The molecule has 0 unspecified atom stereocenters. The largest absolute Gasteiger partial charge is 0.495 e. The van der Waals surface area contributed by atoms with Crippen molar-refractivity contribution in [1.29, 1.82) is 0 Å². The number of thiazole rings is 1. The number of rotatable bonds is 9. The van der Waals surface area contributed by atoms with E-state index in [1.54, 1.807) is 29.6 Å². The Kier molecular flexibility index (Phi) is 7.46. The summed E-state index contributed by atoms with van der Waals surface area (Å²) in [7, 11) is -2.67. The van der Waals surface area contributed by atoms with Gasteiger partial charge in [0.2, 0.25) is 15.9 Å². The quantitative estimate of drug-likeness (QED) is 0.417. The first-order chi connectivity index (χ1) is 15.2. The van der Waals surface area contributed by atoms with Crippen molar-refractivity contribution in [3.8, 4) is 5.75 Å². The van der Waals surface area contributed by atoms with Gasteiger partial charge in [0.05, 0.1) is 19.2 Å². The number of amides is 2. The van der Waals surface area contributed by atoms with Crippen LogP contribution >= 0.6 is 22.9 Å². The lowest BCUT2D eigenvalue weighted by atomic mass is 10.2. The molecule has 0 atom stereocenters. The van der Waals surface area contributed by atoms with E-state index in [0.29, 0.717) is 16.3 Å². The Bertz CT molecular complexity index is 1240. The number of aromatic nitrogens is 1. The Balaban J connectivity index is 1.79. The minimum atomic E-state index is -4.00. The fourth-order valence-electron chi connectivity index (χ4n) is 2.68. The molecular formula is C20H19ClN4O5S2. The first-order valence-electron chi connectivity index (χ1n) is 9.14. The molecule has 2 amide bonds. The zero-order chi connectivity index (χ0) is 23.3. The predicted octanol–water partition coefficient (Wildman–Crippen LogP) is 2.56. The van der Waals surface area contributed by atoms with E-state index in [-0.39, 0.29) is 34.3 Å². The number of methoxy groups -OCH3 is 1. The molecule has 9 nitrogen and oxygen atoms in total. The Labute approximate surface area is 193 Å². The summed E-state index contributed by atoms with van der Waals surface area (Å²) < 4.78 is 33.4. The highest BCUT2D eigenvalue weighted by Gasteiger charge is 2.22. The summed E-state index contributed by atoms with van der Waals surface area (Å²) >= 11 is 6.97. The number of anilines is 1. The van der Waals surface area contributed by atoms with Gasteiger partial charge < -0.3 is 10.5 Å². The molecule has 1 heterocycles. The smallest absolute Gasteiger partial charge is 0.257 e. The molecule has 12 heteroatoms. The van der Waals surface area contributed by atoms with Crippen LogP contribution in [0.1, 0.15) is 21.6 Å². The fourth-order valence-corrected chi connectivity index (χ4v) is 4.72. The van der Waals surface area contributed by atoms with E-state index >= 15 is 0 Å². The fraction of sp³-hybridized carbons (Fsp3) is 0.150.